The van der Waals surface area contributed by atoms with Crippen LogP contribution < -0.4 is 4.74 Å². The van der Waals surface area contributed by atoms with Crippen molar-refractivity contribution in [2.24, 2.45) is 0 Å². The van der Waals surface area contributed by atoms with Crippen molar-refractivity contribution in [2.75, 3.05) is 6.61 Å². The Kier molecular flexibility index (Phi) is 4.97. The van der Waals surface area contributed by atoms with E-state index in [-0.39, 0.29) is 19.5 Å². The van der Waals surface area contributed by atoms with E-state index in [4.69, 9.17) is 4.74 Å². The van der Waals surface area contributed by atoms with E-state index in [9.17, 15) is 0 Å². The van der Waals surface area contributed by atoms with E-state index in [1.165, 1.54) is 0 Å². The summed E-state index contributed by atoms with van der Waals surface area (Å²) in [6.07, 6.45) is 0. The summed E-state index contributed by atoms with van der Waals surface area (Å²) >= 11 is 0. The largest absolute Gasteiger partial charge is 0.496 e. The fourth-order valence-corrected chi connectivity index (χ4v) is 0.752. The minimum absolute atomic E-state index is 0. The molecule has 56 valence electrons. The van der Waals surface area contributed by atoms with Crippen molar-refractivity contribution >= 4 is 0 Å². The van der Waals surface area contributed by atoms with Gasteiger partial charge in [0.05, 0.1) is 12.4 Å². The quantitative estimate of drug-likeness (QED) is 0.526. The zero-order valence-electron chi connectivity index (χ0n) is 6.84. The Morgan fingerprint density at radius 3 is 2.27 bits per heavy atom. The zero-order valence-corrected chi connectivity index (χ0v) is 9.81. The van der Waals surface area contributed by atoms with Crippen LogP contribution in [0.2, 0.25) is 0 Å². The van der Waals surface area contributed by atoms with Crippen molar-refractivity contribution in [1.82, 2.24) is 0 Å². The third-order valence-corrected chi connectivity index (χ3v) is 1.23. The first-order chi connectivity index (χ1) is 4.83. The molecule has 0 atom stereocenters. The minimum atomic E-state index is 0. The van der Waals surface area contributed by atoms with Crippen molar-refractivity contribution in [2.45, 2.75) is 6.92 Å². The number of ether oxygens (including phenoxy) is 1. The predicted molar refractivity (Wildman–Crippen MR) is 42.1 cm³/mol. The molecule has 1 aromatic rings. The summed E-state index contributed by atoms with van der Waals surface area (Å²) in [4.78, 5) is 0. The minimum Gasteiger partial charge on any atom is -0.496 e. The second-order valence-corrected chi connectivity index (χ2v) is 2.08. The van der Waals surface area contributed by atoms with Crippen molar-refractivity contribution < 1.29 is 24.2 Å². The van der Waals surface area contributed by atoms with E-state index in [0.717, 1.165) is 17.9 Å². The molecule has 0 fully saturated rings. The summed E-state index contributed by atoms with van der Waals surface area (Å²) in [5.74, 6) is 0.912. The van der Waals surface area contributed by atoms with E-state index in [0.29, 0.717) is 0 Å². The van der Waals surface area contributed by atoms with Gasteiger partial charge in [0.15, 0.2) is 0 Å². The van der Waals surface area contributed by atoms with Gasteiger partial charge < -0.3 is 4.74 Å². The summed E-state index contributed by atoms with van der Waals surface area (Å²) < 4.78 is 5.23. The van der Waals surface area contributed by atoms with Gasteiger partial charge in [-0.2, -0.15) is 24.6 Å². The molecule has 0 saturated heterocycles. The second kappa shape index (κ2) is 5.20. The van der Waals surface area contributed by atoms with Crippen LogP contribution in [0.4, 0.5) is 0 Å². The molecule has 1 aromatic carbocycles. The molecule has 0 aromatic heterocycles. The number of hydrogen-bond donors (Lipinski definition) is 0. The van der Waals surface area contributed by atoms with Gasteiger partial charge in [0.1, 0.15) is 0 Å². The van der Waals surface area contributed by atoms with Crippen LogP contribution in [0.3, 0.4) is 0 Å². The van der Waals surface area contributed by atoms with E-state index in [1.807, 2.05) is 31.2 Å². The smallest absolute Gasteiger partial charge is 0.0947 e. The molecule has 11 heavy (non-hydrogen) atoms. The second-order valence-electron chi connectivity index (χ2n) is 2.08. The summed E-state index contributed by atoms with van der Waals surface area (Å²) in [7, 11) is 0. The average molecular weight is 201 g/mol. The maximum Gasteiger partial charge on any atom is 0.0947 e. The van der Waals surface area contributed by atoms with Crippen molar-refractivity contribution in [1.29, 1.82) is 0 Å². The molecule has 0 bridgehead atoms. The maximum absolute atomic E-state index is 5.23. The molecule has 0 aliphatic heterocycles. The van der Waals surface area contributed by atoms with Gasteiger partial charge in [0.2, 0.25) is 0 Å². The van der Waals surface area contributed by atoms with Gasteiger partial charge in [-0.3, -0.25) is 0 Å². The Labute approximate surface area is 80.5 Å². The van der Waals surface area contributed by atoms with Crippen molar-refractivity contribution in [3.8, 4) is 5.75 Å². The standard InChI is InChI=1S/C9H11O.Zn/c1-3-10-9-6-4-8(2)5-7-9;/h4-7H,2-3H2,1H3;/q-1;. The molecule has 1 rings (SSSR count). The SMILES string of the molecule is [CH2-]c1ccc(OCC)cc1.[Zn]. The van der Waals surface area contributed by atoms with Crippen molar-refractivity contribution in [3.63, 3.8) is 0 Å². The van der Waals surface area contributed by atoms with Crippen LogP contribution in [0.25, 0.3) is 0 Å². The van der Waals surface area contributed by atoms with Crippen LogP contribution in [-0.2, 0) is 19.5 Å². The molecule has 0 saturated carbocycles. The molecular formula is C9H11OZn-. The number of benzene rings is 1. The molecule has 0 N–H and O–H groups in total. The van der Waals surface area contributed by atoms with Gasteiger partial charge in [-0.1, -0.05) is 12.1 Å². The van der Waals surface area contributed by atoms with Crippen LogP contribution >= 0.6 is 0 Å². The normalized spacial score (nSPS) is 8.45. The number of rotatable bonds is 2. The van der Waals surface area contributed by atoms with Gasteiger partial charge in [-0.15, -0.1) is 0 Å². The Bertz CT molecular complexity index is 193. The van der Waals surface area contributed by atoms with E-state index in [2.05, 4.69) is 6.92 Å². The fourth-order valence-electron chi connectivity index (χ4n) is 0.752. The summed E-state index contributed by atoms with van der Waals surface area (Å²) in [6, 6.07) is 7.72. The molecule has 1 nitrogen and oxygen atoms in total. The average Bonchev–Trinajstić information content (AvgIpc) is 1.95. The first kappa shape index (κ1) is 10.5. The van der Waals surface area contributed by atoms with E-state index in [1.54, 1.807) is 0 Å². The Morgan fingerprint density at radius 1 is 1.27 bits per heavy atom. The third-order valence-electron chi connectivity index (χ3n) is 1.23. The fraction of sp³-hybridized carbons (Fsp3) is 0.222. The van der Waals surface area contributed by atoms with Crippen LogP contribution in [0.15, 0.2) is 24.3 Å². The molecule has 0 aliphatic rings. The number of hydrogen-bond acceptors (Lipinski definition) is 1. The molecule has 0 spiro atoms. The van der Waals surface area contributed by atoms with Gasteiger partial charge >= 0.3 is 0 Å². The topological polar surface area (TPSA) is 9.23 Å². The maximum atomic E-state index is 5.23. The first-order valence-corrected chi connectivity index (χ1v) is 3.37. The molecule has 0 heterocycles. The molecular weight excluding hydrogens is 189 g/mol. The van der Waals surface area contributed by atoms with Crippen LogP contribution in [0.1, 0.15) is 12.5 Å². The molecule has 2 heteroatoms. The Balaban J connectivity index is 0.000001000. The molecule has 0 amide bonds. The monoisotopic (exact) mass is 199 g/mol. The molecule has 0 aliphatic carbocycles. The first-order valence-electron chi connectivity index (χ1n) is 3.37. The summed E-state index contributed by atoms with van der Waals surface area (Å²) in [6.45, 7) is 6.46. The molecule has 0 radical (unpaired) electrons. The van der Waals surface area contributed by atoms with Crippen LogP contribution in [-0.4, -0.2) is 6.61 Å². The van der Waals surface area contributed by atoms with Crippen LogP contribution in [0, 0.1) is 6.92 Å². The predicted octanol–water partition coefficient (Wildman–Crippen LogP) is 2.26. The summed E-state index contributed by atoms with van der Waals surface area (Å²) in [5.41, 5.74) is 1.02. The van der Waals surface area contributed by atoms with Gasteiger partial charge in [0.25, 0.3) is 0 Å². The zero-order chi connectivity index (χ0) is 7.40. The summed E-state index contributed by atoms with van der Waals surface area (Å²) in [5, 5.41) is 0. The van der Waals surface area contributed by atoms with Crippen LogP contribution in [0.5, 0.6) is 5.75 Å². The van der Waals surface area contributed by atoms with Crippen molar-refractivity contribution in [3.05, 3.63) is 36.8 Å². The van der Waals surface area contributed by atoms with Gasteiger partial charge in [-0.25, -0.2) is 0 Å². The van der Waals surface area contributed by atoms with E-state index < -0.39 is 0 Å². The third kappa shape index (κ3) is 3.43. The van der Waals surface area contributed by atoms with E-state index >= 15 is 0 Å². The van der Waals surface area contributed by atoms with Gasteiger partial charge in [0, 0.05) is 19.5 Å². The Hall–Kier alpha value is -0.487. The molecule has 0 unspecified atom stereocenters. The van der Waals surface area contributed by atoms with Gasteiger partial charge in [-0.05, 0) is 6.92 Å². The Morgan fingerprint density at radius 2 is 1.82 bits per heavy atom.